The zero-order valence-corrected chi connectivity index (χ0v) is 19.9. The second-order valence-corrected chi connectivity index (χ2v) is 9.48. The van der Waals surface area contributed by atoms with Gasteiger partial charge in [-0.05, 0) is 22.3 Å². The van der Waals surface area contributed by atoms with E-state index in [1.165, 1.54) is 11.3 Å². The lowest BCUT2D eigenvalue weighted by atomic mass is 10.0. The molecule has 1 aliphatic rings. The normalized spacial score (nSPS) is 15.5. The average molecular weight is 467 g/mol. The highest BCUT2D eigenvalue weighted by molar-refractivity contribution is 7.13. The molecule has 2 aromatic carbocycles. The van der Waals surface area contributed by atoms with Crippen LogP contribution in [0.5, 0.6) is 0 Å². The molecule has 4 rings (SSSR count). The second-order valence-electron chi connectivity index (χ2n) is 8.63. The number of rotatable bonds is 8. The van der Waals surface area contributed by atoms with E-state index in [0.717, 1.165) is 54.9 Å². The zero-order chi connectivity index (χ0) is 23.2. The van der Waals surface area contributed by atoms with Crippen LogP contribution in [0, 0.1) is 5.92 Å². The fraction of sp³-hybridized carbons (Fsp3) is 0.400. The van der Waals surface area contributed by atoms with E-state index in [-0.39, 0.29) is 24.2 Å². The number of morpholine rings is 1. The number of nitrogens with zero attached hydrogens (tertiary/aromatic N) is 2. The predicted molar refractivity (Wildman–Crippen MR) is 131 cm³/mol. The van der Waals surface area contributed by atoms with Crippen molar-refractivity contribution >= 4 is 39.1 Å². The Kier molecular flexibility index (Phi) is 7.69. The number of aromatic nitrogens is 1. The summed E-state index contributed by atoms with van der Waals surface area (Å²) in [6.45, 7) is 7.84. The third kappa shape index (κ3) is 6.16. The monoisotopic (exact) mass is 466 g/mol. The number of hydrogen-bond donors (Lipinski definition) is 2. The molecule has 2 amide bonds. The fourth-order valence-electron chi connectivity index (χ4n) is 3.99. The Morgan fingerprint density at radius 2 is 1.88 bits per heavy atom. The molecule has 8 heteroatoms. The average Bonchev–Trinajstić information content (AvgIpc) is 3.24. The molecule has 1 unspecified atom stereocenters. The summed E-state index contributed by atoms with van der Waals surface area (Å²) in [5.74, 6) is -0.481. The molecule has 0 aliphatic carbocycles. The Morgan fingerprint density at radius 3 is 2.67 bits per heavy atom. The first-order valence-electron chi connectivity index (χ1n) is 11.3. The largest absolute Gasteiger partial charge is 0.379 e. The predicted octanol–water partition coefficient (Wildman–Crippen LogP) is 3.45. The van der Waals surface area contributed by atoms with E-state index < -0.39 is 6.04 Å². The maximum atomic E-state index is 13.0. The van der Waals surface area contributed by atoms with Gasteiger partial charge in [0.1, 0.15) is 6.04 Å². The summed E-state index contributed by atoms with van der Waals surface area (Å²) < 4.78 is 5.38. The van der Waals surface area contributed by atoms with Gasteiger partial charge in [-0.2, -0.15) is 0 Å². The van der Waals surface area contributed by atoms with Crippen LogP contribution in [0.2, 0.25) is 0 Å². The van der Waals surface area contributed by atoms with Crippen molar-refractivity contribution in [1.29, 1.82) is 0 Å². The van der Waals surface area contributed by atoms with Gasteiger partial charge in [-0.3, -0.25) is 14.5 Å². The van der Waals surface area contributed by atoms with Gasteiger partial charge in [0.15, 0.2) is 5.13 Å². The lowest BCUT2D eigenvalue weighted by molar-refractivity contribution is -0.127. The smallest absolute Gasteiger partial charge is 0.248 e. The lowest BCUT2D eigenvalue weighted by Crippen LogP contribution is -2.47. The molecule has 0 radical (unpaired) electrons. The van der Waals surface area contributed by atoms with E-state index in [9.17, 15) is 9.59 Å². The highest BCUT2D eigenvalue weighted by Gasteiger charge is 2.25. The number of carbonyl (C=O) groups excluding carboxylic acids is 2. The molecular formula is C25H30N4O3S. The van der Waals surface area contributed by atoms with E-state index in [1.54, 1.807) is 0 Å². The molecule has 1 fully saturated rings. The minimum Gasteiger partial charge on any atom is -0.379 e. The van der Waals surface area contributed by atoms with Crippen LogP contribution in [0.15, 0.2) is 47.8 Å². The van der Waals surface area contributed by atoms with Crippen LogP contribution in [0.4, 0.5) is 5.13 Å². The van der Waals surface area contributed by atoms with Crippen LogP contribution in [-0.4, -0.2) is 54.0 Å². The first-order chi connectivity index (χ1) is 16.0. The third-order valence-electron chi connectivity index (χ3n) is 5.77. The molecule has 0 saturated carbocycles. The quantitative estimate of drug-likeness (QED) is 0.531. The van der Waals surface area contributed by atoms with E-state index in [4.69, 9.17) is 4.74 Å². The van der Waals surface area contributed by atoms with Crippen molar-refractivity contribution in [2.75, 3.05) is 31.6 Å². The molecule has 174 valence electrons. The molecule has 2 N–H and O–H groups in total. The van der Waals surface area contributed by atoms with Crippen molar-refractivity contribution in [3.63, 3.8) is 0 Å². The molecule has 33 heavy (non-hydrogen) atoms. The maximum absolute atomic E-state index is 13.0. The van der Waals surface area contributed by atoms with Crippen molar-refractivity contribution in [3.05, 3.63) is 59.1 Å². The SMILES string of the molecule is CC(C)C(NC(=O)Cc1cccc2ccccc12)C(=O)Nc1nc(CN2CCOCC2)cs1. The fourth-order valence-corrected chi connectivity index (χ4v) is 4.69. The number of nitrogens with one attached hydrogen (secondary N) is 2. The van der Waals surface area contributed by atoms with Crippen molar-refractivity contribution in [2.45, 2.75) is 32.9 Å². The summed E-state index contributed by atoms with van der Waals surface area (Å²) in [7, 11) is 0. The number of amides is 2. The van der Waals surface area contributed by atoms with Gasteiger partial charge in [0.05, 0.1) is 25.3 Å². The van der Waals surface area contributed by atoms with Gasteiger partial charge in [-0.1, -0.05) is 56.3 Å². The summed E-state index contributed by atoms with van der Waals surface area (Å²) in [4.78, 5) is 32.6. The molecule has 0 spiro atoms. The highest BCUT2D eigenvalue weighted by atomic mass is 32.1. The number of benzene rings is 2. The Hall–Kier alpha value is -2.81. The number of fused-ring (bicyclic) bond motifs is 1. The summed E-state index contributed by atoms with van der Waals surface area (Å²) >= 11 is 1.40. The Balaban J connectivity index is 1.36. The van der Waals surface area contributed by atoms with E-state index >= 15 is 0 Å². The van der Waals surface area contributed by atoms with E-state index in [1.807, 2.05) is 61.7 Å². The molecule has 1 aliphatic heterocycles. The standard InChI is InChI=1S/C25H30N4O3S/c1-17(2)23(27-22(30)14-19-8-5-7-18-6-3-4-9-21(18)19)24(31)28-25-26-20(16-33-25)15-29-10-12-32-13-11-29/h3-9,16-17,23H,10-15H2,1-2H3,(H,27,30)(H,26,28,31). The summed E-state index contributed by atoms with van der Waals surface area (Å²) in [5.41, 5.74) is 1.87. The molecule has 2 heterocycles. The number of ether oxygens (including phenoxy) is 1. The van der Waals surface area contributed by atoms with Gasteiger partial charge in [0.25, 0.3) is 0 Å². The Bertz CT molecular complexity index is 1100. The van der Waals surface area contributed by atoms with Gasteiger partial charge in [0.2, 0.25) is 11.8 Å². The second kappa shape index (κ2) is 10.9. The van der Waals surface area contributed by atoms with E-state index in [0.29, 0.717) is 5.13 Å². The van der Waals surface area contributed by atoms with Crippen LogP contribution < -0.4 is 10.6 Å². The van der Waals surface area contributed by atoms with Gasteiger partial charge < -0.3 is 15.4 Å². The van der Waals surface area contributed by atoms with Crippen molar-refractivity contribution in [3.8, 4) is 0 Å². The molecular weight excluding hydrogens is 436 g/mol. The van der Waals surface area contributed by atoms with Crippen molar-refractivity contribution < 1.29 is 14.3 Å². The first-order valence-corrected chi connectivity index (χ1v) is 12.2. The number of carbonyl (C=O) groups is 2. The number of hydrogen-bond acceptors (Lipinski definition) is 6. The first kappa shape index (κ1) is 23.4. The number of anilines is 1. The van der Waals surface area contributed by atoms with Crippen LogP contribution in [0.25, 0.3) is 10.8 Å². The minimum absolute atomic E-state index is 0.0609. The van der Waals surface area contributed by atoms with Crippen LogP contribution >= 0.6 is 11.3 Å². The molecule has 3 aromatic rings. The van der Waals surface area contributed by atoms with E-state index in [2.05, 4.69) is 20.5 Å². The van der Waals surface area contributed by atoms with Gasteiger partial charge in [-0.15, -0.1) is 11.3 Å². The van der Waals surface area contributed by atoms with Crippen molar-refractivity contribution in [2.24, 2.45) is 5.92 Å². The van der Waals surface area contributed by atoms with Crippen molar-refractivity contribution in [1.82, 2.24) is 15.2 Å². The summed E-state index contributed by atoms with van der Waals surface area (Å²) in [6, 6.07) is 13.3. The molecule has 1 atom stereocenters. The number of thiazole rings is 1. The Labute approximate surface area is 198 Å². The summed E-state index contributed by atoms with van der Waals surface area (Å²) in [5, 5.41) is 10.5. The molecule has 1 aromatic heterocycles. The lowest BCUT2D eigenvalue weighted by Gasteiger charge is -2.25. The van der Waals surface area contributed by atoms with Crippen LogP contribution in [0.3, 0.4) is 0 Å². The molecule has 0 bridgehead atoms. The summed E-state index contributed by atoms with van der Waals surface area (Å²) in [6.07, 6.45) is 0.221. The van der Waals surface area contributed by atoms with Gasteiger partial charge in [-0.25, -0.2) is 4.98 Å². The topological polar surface area (TPSA) is 83.6 Å². The van der Waals surface area contributed by atoms with Crippen LogP contribution in [-0.2, 0) is 27.3 Å². The van der Waals surface area contributed by atoms with Gasteiger partial charge >= 0.3 is 0 Å². The Morgan fingerprint density at radius 1 is 1.12 bits per heavy atom. The maximum Gasteiger partial charge on any atom is 0.248 e. The third-order valence-corrected chi connectivity index (χ3v) is 6.57. The zero-order valence-electron chi connectivity index (χ0n) is 19.0. The molecule has 7 nitrogen and oxygen atoms in total. The minimum atomic E-state index is -0.640. The highest BCUT2D eigenvalue weighted by Crippen LogP contribution is 2.20. The van der Waals surface area contributed by atoms with Gasteiger partial charge in [0, 0.05) is 25.0 Å². The molecule has 1 saturated heterocycles. The van der Waals surface area contributed by atoms with Crippen LogP contribution in [0.1, 0.15) is 25.1 Å².